The zero-order valence-electron chi connectivity index (χ0n) is 11.4. The lowest BCUT2D eigenvalue weighted by molar-refractivity contribution is -0.133. The van der Waals surface area contributed by atoms with Crippen molar-refractivity contribution in [3.05, 3.63) is 35.6 Å². The van der Waals surface area contributed by atoms with E-state index in [1.807, 2.05) is 11.0 Å². The summed E-state index contributed by atoms with van der Waals surface area (Å²) in [7, 11) is 0. The first-order valence-electron chi connectivity index (χ1n) is 7.56. The molecule has 0 bridgehead atoms. The van der Waals surface area contributed by atoms with Gasteiger partial charge in [0, 0.05) is 11.6 Å². The molecule has 1 unspecified atom stereocenters. The summed E-state index contributed by atoms with van der Waals surface area (Å²) in [5, 5.41) is 3.41. The lowest BCUT2D eigenvalue weighted by atomic mass is 10.1. The predicted octanol–water partition coefficient (Wildman–Crippen LogP) is 2.73. The van der Waals surface area contributed by atoms with Gasteiger partial charge in [0.1, 0.15) is 17.5 Å². The highest BCUT2D eigenvalue weighted by molar-refractivity contribution is 5.92. The van der Waals surface area contributed by atoms with Gasteiger partial charge in [-0.1, -0.05) is 31.0 Å². The number of benzene rings is 1. The van der Waals surface area contributed by atoms with Gasteiger partial charge in [0.05, 0.1) is 0 Å². The van der Waals surface area contributed by atoms with E-state index < -0.39 is 0 Å². The third-order valence-electron chi connectivity index (χ3n) is 5.00. The molecule has 1 aromatic rings. The number of nitrogens with zero attached hydrogens (tertiary/aromatic N) is 1. The second-order valence-corrected chi connectivity index (χ2v) is 6.30. The molecule has 1 aromatic carbocycles. The van der Waals surface area contributed by atoms with E-state index >= 15 is 0 Å². The lowest BCUT2D eigenvalue weighted by Crippen LogP contribution is -2.39. The Hall–Kier alpha value is -1.42. The standard InChI is InChI=1S/C16H19FN2O/c17-13-8-4-3-7-12(13)14-18-16(9-10-16)15(20)19(14)11-5-1-2-6-11/h3-4,7-8,11,14,18H,1-2,5-6,9-10H2. The summed E-state index contributed by atoms with van der Waals surface area (Å²) in [5.41, 5.74) is 0.228. The molecule has 1 saturated heterocycles. The van der Waals surface area contributed by atoms with Crippen LogP contribution in [0.15, 0.2) is 24.3 Å². The van der Waals surface area contributed by atoms with Crippen LogP contribution in [0, 0.1) is 5.82 Å². The van der Waals surface area contributed by atoms with Crippen LogP contribution in [0.2, 0.25) is 0 Å². The van der Waals surface area contributed by atoms with Crippen LogP contribution in [0.4, 0.5) is 4.39 Å². The molecule has 2 aliphatic carbocycles. The maximum Gasteiger partial charge on any atom is 0.244 e. The van der Waals surface area contributed by atoms with Gasteiger partial charge >= 0.3 is 0 Å². The van der Waals surface area contributed by atoms with Crippen LogP contribution in [-0.4, -0.2) is 22.4 Å². The number of hydrogen-bond acceptors (Lipinski definition) is 2. The summed E-state index contributed by atoms with van der Waals surface area (Å²) in [6.07, 6.45) is 5.94. The van der Waals surface area contributed by atoms with Crippen LogP contribution < -0.4 is 5.32 Å². The number of amides is 1. The van der Waals surface area contributed by atoms with E-state index in [1.165, 1.54) is 18.9 Å². The molecule has 1 atom stereocenters. The first kappa shape index (κ1) is 12.3. The van der Waals surface area contributed by atoms with Crippen molar-refractivity contribution < 1.29 is 9.18 Å². The van der Waals surface area contributed by atoms with E-state index in [2.05, 4.69) is 5.32 Å². The van der Waals surface area contributed by atoms with Gasteiger partial charge in [-0.2, -0.15) is 0 Å². The van der Waals surface area contributed by atoms with Gasteiger partial charge in [-0.25, -0.2) is 4.39 Å². The maximum absolute atomic E-state index is 14.1. The number of halogens is 1. The first-order valence-corrected chi connectivity index (χ1v) is 7.56. The maximum atomic E-state index is 14.1. The molecule has 0 radical (unpaired) electrons. The minimum atomic E-state index is -0.379. The molecule has 3 nitrogen and oxygen atoms in total. The number of hydrogen-bond donors (Lipinski definition) is 1. The number of rotatable bonds is 2. The Morgan fingerprint density at radius 2 is 1.90 bits per heavy atom. The summed E-state index contributed by atoms with van der Waals surface area (Å²) in [5.74, 6) is -0.0313. The van der Waals surface area contributed by atoms with Crippen molar-refractivity contribution >= 4 is 5.91 Å². The molecule has 1 aliphatic heterocycles. The molecule has 20 heavy (non-hydrogen) atoms. The molecule has 3 fully saturated rings. The van der Waals surface area contributed by atoms with Gasteiger partial charge < -0.3 is 4.90 Å². The fourth-order valence-corrected chi connectivity index (χ4v) is 3.72. The van der Waals surface area contributed by atoms with E-state index in [0.29, 0.717) is 5.56 Å². The second-order valence-electron chi connectivity index (χ2n) is 6.30. The van der Waals surface area contributed by atoms with Gasteiger partial charge in [0.15, 0.2) is 0 Å². The summed E-state index contributed by atoms with van der Waals surface area (Å²) in [4.78, 5) is 14.7. The van der Waals surface area contributed by atoms with Crippen LogP contribution in [-0.2, 0) is 4.79 Å². The third-order valence-corrected chi connectivity index (χ3v) is 5.00. The second kappa shape index (κ2) is 4.29. The van der Waals surface area contributed by atoms with Crippen LogP contribution in [0.3, 0.4) is 0 Å². The Morgan fingerprint density at radius 1 is 1.20 bits per heavy atom. The molecular formula is C16H19FN2O. The third kappa shape index (κ3) is 1.71. The lowest BCUT2D eigenvalue weighted by Gasteiger charge is -2.30. The summed E-state index contributed by atoms with van der Waals surface area (Å²) in [6.45, 7) is 0. The van der Waals surface area contributed by atoms with E-state index in [4.69, 9.17) is 0 Å². The van der Waals surface area contributed by atoms with Crippen molar-refractivity contribution in [2.75, 3.05) is 0 Å². The Labute approximate surface area is 118 Å². The Bertz CT molecular complexity index is 549. The van der Waals surface area contributed by atoms with Gasteiger partial charge in [0.25, 0.3) is 0 Å². The molecular weight excluding hydrogens is 255 g/mol. The monoisotopic (exact) mass is 274 g/mol. The van der Waals surface area contributed by atoms with Crippen LogP contribution in [0.5, 0.6) is 0 Å². The quantitative estimate of drug-likeness (QED) is 0.899. The molecule has 4 rings (SSSR count). The largest absolute Gasteiger partial charge is 0.318 e. The number of carbonyl (C=O) groups is 1. The topological polar surface area (TPSA) is 32.3 Å². The molecule has 1 heterocycles. The highest BCUT2D eigenvalue weighted by atomic mass is 19.1. The van der Waals surface area contributed by atoms with Crippen molar-refractivity contribution in [2.24, 2.45) is 0 Å². The van der Waals surface area contributed by atoms with E-state index in [-0.39, 0.29) is 29.5 Å². The molecule has 106 valence electrons. The molecule has 0 aromatic heterocycles. The summed E-state index contributed by atoms with van der Waals surface area (Å²) < 4.78 is 14.1. The van der Waals surface area contributed by atoms with E-state index in [1.54, 1.807) is 12.1 Å². The average molecular weight is 274 g/mol. The highest BCUT2D eigenvalue weighted by Crippen LogP contribution is 2.48. The SMILES string of the molecule is O=C1N(C2CCCC2)C(c2ccccc2F)NC12CC2. The summed E-state index contributed by atoms with van der Waals surface area (Å²) >= 11 is 0. The number of nitrogens with one attached hydrogen (secondary N) is 1. The highest BCUT2D eigenvalue weighted by Gasteiger charge is 2.60. The van der Waals surface area contributed by atoms with Crippen LogP contribution in [0.1, 0.15) is 50.3 Å². The van der Waals surface area contributed by atoms with Gasteiger partial charge in [0.2, 0.25) is 5.91 Å². The van der Waals surface area contributed by atoms with E-state index in [0.717, 1.165) is 25.7 Å². The zero-order valence-corrected chi connectivity index (χ0v) is 11.4. The minimum Gasteiger partial charge on any atom is -0.318 e. The first-order chi connectivity index (χ1) is 9.71. The fourth-order valence-electron chi connectivity index (χ4n) is 3.72. The Kier molecular flexibility index (Phi) is 2.64. The molecule has 4 heteroatoms. The van der Waals surface area contributed by atoms with Gasteiger partial charge in [-0.15, -0.1) is 0 Å². The molecule has 1 amide bonds. The molecule has 1 N–H and O–H groups in total. The van der Waals surface area contributed by atoms with Crippen molar-refractivity contribution in [3.63, 3.8) is 0 Å². The molecule has 3 aliphatic rings. The summed E-state index contributed by atoms with van der Waals surface area (Å²) in [6, 6.07) is 7.09. The Balaban J connectivity index is 1.73. The normalized spacial score (nSPS) is 28.6. The van der Waals surface area contributed by atoms with Crippen LogP contribution >= 0.6 is 0 Å². The van der Waals surface area contributed by atoms with Gasteiger partial charge in [-0.05, 0) is 31.7 Å². The van der Waals surface area contributed by atoms with Crippen molar-refractivity contribution in [2.45, 2.75) is 56.3 Å². The zero-order chi connectivity index (χ0) is 13.7. The van der Waals surface area contributed by atoms with Crippen molar-refractivity contribution in [1.82, 2.24) is 10.2 Å². The molecule has 2 saturated carbocycles. The average Bonchev–Trinajstić information content (AvgIpc) is 2.91. The predicted molar refractivity (Wildman–Crippen MR) is 73.3 cm³/mol. The van der Waals surface area contributed by atoms with Crippen molar-refractivity contribution in [3.8, 4) is 0 Å². The van der Waals surface area contributed by atoms with Gasteiger partial charge in [-0.3, -0.25) is 10.1 Å². The number of carbonyl (C=O) groups excluding carboxylic acids is 1. The Morgan fingerprint density at radius 3 is 2.55 bits per heavy atom. The van der Waals surface area contributed by atoms with Crippen molar-refractivity contribution in [1.29, 1.82) is 0 Å². The minimum absolute atomic E-state index is 0.192. The fraction of sp³-hybridized carbons (Fsp3) is 0.562. The molecule has 1 spiro atoms. The smallest absolute Gasteiger partial charge is 0.244 e. The van der Waals surface area contributed by atoms with E-state index in [9.17, 15) is 9.18 Å². The van der Waals surface area contributed by atoms with Crippen LogP contribution in [0.25, 0.3) is 0 Å².